The number of amides is 1. The fourth-order valence-corrected chi connectivity index (χ4v) is 6.44. The quantitative estimate of drug-likeness (QED) is 0.140. The lowest BCUT2D eigenvalue weighted by Gasteiger charge is -2.11. The summed E-state index contributed by atoms with van der Waals surface area (Å²) in [4.78, 5) is 28.5. The van der Waals surface area contributed by atoms with Gasteiger partial charge in [-0.1, -0.05) is 28.6 Å². The number of likely N-dealkylation sites (N-methyl/N-ethyl adjacent to an activating group) is 1. The Morgan fingerprint density at radius 3 is 2.73 bits per heavy atom. The van der Waals surface area contributed by atoms with E-state index in [4.69, 9.17) is 14.3 Å². The molecule has 1 aliphatic rings. The van der Waals surface area contributed by atoms with E-state index in [2.05, 4.69) is 30.9 Å². The Hall–Kier alpha value is -3.92. The normalized spacial score (nSPS) is 15.8. The van der Waals surface area contributed by atoms with Gasteiger partial charge in [-0.15, -0.1) is 0 Å². The van der Waals surface area contributed by atoms with Crippen LogP contribution in [0.15, 0.2) is 58.7 Å². The number of pyridine rings is 1. The third kappa shape index (κ3) is 6.87. The molecule has 1 aliphatic heterocycles. The minimum Gasteiger partial charge on any atom is -0.476 e. The van der Waals surface area contributed by atoms with Gasteiger partial charge in [0.2, 0.25) is 5.88 Å². The molecule has 0 saturated carbocycles. The number of thiazole rings is 1. The van der Waals surface area contributed by atoms with Crippen LogP contribution in [0, 0.1) is 0 Å². The molecule has 0 bridgehead atoms. The summed E-state index contributed by atoms with van der Waals surface area (Å²) < 4.78 is 38.4. The van der Waals surface area contributed by atoms with E-state index in [1.165, 1.54) is 35.6 Å². The van der Waals surface area contributed by atoms with Crippen LogP contribution in [0.4, 0.5) is 5.13 Å². The molecule has 216 valence electrons. The molecule has 0 aliphatic carbocycles. The molecule has 0 spiro atoms. The average molecular weight is 600 g/mol. The van der Waals surface area contributed by atoms with E-state index in [1.807, 2.05) is 7.05 Å². The molecule has 0 unspecified atom stereocenters. The summed E-state index contributed by atoms with van der Waals surface area (Å²) in [5.74, 6) is -0.131. The Labute approximate surface area is 240 Å². The molecule has 0 radical (unpaired) electrons. The van der Waals surface area contributed by atoms with Crippen molar-refractivity contribution in [1.29, 1.82) is 0 Å². The first-order valence-electron chi connectivity index (χ1n) is 12.8. The highest BCUT2D eigenvalue weighted by Gasteiger charge is 2.31. The van der Waals surface area contributed by atoms with Crippen molar-refractivity contribution in [3.05, 3.63) is 59.9 Å². The largest absolute Gasteiger partial charge is 0.476 e. The highest BCUT2D eigenvalue weighted by atomic mass is 32.2. The van der Waals surface area contributed by atoms with Crippen LogP contribution >= 0.6 is 11.3 Å². The number of anilines is 1. The molecule has 4 heterocycles. The zero-order chi connectivity index (χ0) is 28.8. The number of sulfone groups is 1. The van der Waals surface area contributed by atoms with E-state index in [0.717, 1.165) is 0 Å². The van der Waals surface area contributed by atoms with E-state index in [0.29, 0.717) is 58.8 Å². The summed E-state index contributed by atoms with van der Waals surface area (Å²) in [6.45, 7) is 1.76. The van der Waals surface area contributed by atoms with Crippen LogP contribution in [0.5, 0.6) is 5.88 Å². The number of aryl methyl sites for hydroxylation is 1. The smallest absolute Gasteiger partial charge is 0.280 e. The molecule has 1 saturated heterocycles. The summed E-state index contributed by atoms with van der Waals surface area (Å²) in [6, 6.07) is 11.2. The number of ether oxygens (including phenoxy) is 2. The SMILES string of the molecule is CNCCOc1ccc2nc(NC(=O)C(=NOCc3ccn(C)n3)c3ccc(S(=O)(=O)[C@H]4CCOC4)cc3)sc2n1. The minimum atomic E-state index is -3.56. The third-order valence-corrected chi connectivity index (χ3v) is 9.25. The summed E-state index contributed by atoms with van der Waals surface area (Å²) in [6.07, 6.45) is 2.21. The van der Waals surface area contributed by atoms with Gasteiger partial charge in [0, 0.05) is 38.0 Å². The van der Waals surface area contributed by atoms with Crippen LogP contribution in [0.25, 0.3) is 10.3 Å². The maximum atomic E-state index is 13.4. The van der Waals surface area contributed by atoms with Gasteiger partial charge < -0.3 is 19.6 Å². The topological polar surface area (TPSA) is 159 Å². The lowest BCUT2D eigenvalue weighted by Crippen LogP contribution is -2.25. The van der Waals surface area contributed by atoms with Crippen molar-refractivity contribution in [2.24, 2.45) is 12.2 Å². The maximum Gasteiger partial charge on any atom is 0.280 e. The van der Waals surface area contributed by atoms with Crippen LogP contribution in [0.3, 0.4) is 0 Å². The van der Waals surface area contributed by atoms with E-state index >= 15 is 0 Å². The number of carbonyl (C=O) groups is 1. The second-order valence-electron chi connectivity index (χ2n) is 9.15. The van der Waals surface area contributed by atoms with Crippen molar-refractivity contribution < 1.29 is 27.5 Å². The Balaban J connectivity index is 1.37. The lowest BCUT2D eigenvalue weighted by molar-refractivity contribution is -0.110. The molecule has 2 N–H and O–H groups in total. The summed E-state index contributed by atoms with van der Waals surface area (Å²) >= 11 is 1.19. The van der Waals surface area contributed by atoms with E-state index in [-0.39, 0.29) is 23.8 Å². The molecule has 1 atom stereocenters. The molecule has 3 aromatic heterocycles. The number of aromatic nitrogens is 4. The predicted octanol–water partition coefficient (Wildman–Crippen LogP) is 2.15. The van der Waals surface area contributed by atoms with Crippen molar-refractivity contribution in [2.45, 2.75) is 23.2 Å². The van der Waals surface area contributed by atoms with Gasteiger partial charge in [0.1, 0.15) is 22.6 Å². The van der Waals surface area contributed by atoms with Crippen molar-refractivity contribution >= 4 is 48.3 Å². The number of carbonyl (C=O) groups excluding carboxylic acids is 1. The van der Waals surface area contributed by atoms with Gasteiger partial charge in [0.25, 0.3) is 5.91 Å². The zero-order valence-corrected chi connectivity index (χ0v) is 24.1. The Bertz CT molecular complexity index is 1640. The predicted molar refractivity (Wildman–Crippen MR) is 153 cm³/mol. The molecule has 1 fully saturated rings. The zero-order valence-electron chi connectivity index (χ0n) is 22.4. The van der Waals surface area contributed by atoms with Crippen molar-refractivity contribution in [1.82, 2.24) is 25.1 Å². The third-order valence-electron chi connectivity index (χ3n) is 6.19. The molecular formula is C26H29N7O6S2. The van der Waals surface area contributed by atoms with E-state index in [9.17, 15) is 13.2 Å². The number of nitrogens with one attached hydrogen (secondary N) is 2. The van der Waals surface area contributed by atoms with Crippen LogP contribution in [0.2, 0.25) is 0 Å². The van der Waals surface area contributed by atoms with Gasteiger partial charge in [-0.3, -0.25) is 14.8 Å². The monoisotopic (exact) mass is 599 g/mol. The van der Waals surface area contributed by atoms with Crippen LogP contribution in [0.1, 0.15) is 17.7 Å². The molecule has 41 heavy (non-hydrogen) atoms. The summed E-state index contributed by atoms with van der Waals surface area (Å²) in [5.41, 5.74) is 1.53. The van der Waals surface area contributed by atoms with E-state index < -0.39 is 21.0 Å². The number of hydrogen-bond donors (Lipinski definition) is 2. The number of rotatable bonds is 12. The highest BCUT2D eigenvalue weighted by molar-refractivity contribution is 7.92. The number of fused-ring (bicyclic) bond motifs is 1. The van der Waals surface area contributed by atoms with E-state index in [1.54, 1.807) is 36.1 Å². The fraction of sp³-hybridized carbons (Fsp3) is 0.346. The molecule has 4 aromatic rings. The van der Waals surface area contributed by atoms with Crippen LogP contribution in [-0.2, 0) is 37.9 Å². The molecule has 5 rings (SSSR count). The summed E-state index contributed by atoms with van der Waals surface area (Å²) in [7, 11) is 0.0529. The number of benzene rings is 1. The van der Waals surface area contributed by atoms with Crippen LogP contribution < -0.4 is 15.4 Å². The van der Waals surface area contributed by atoms with Gasteiger partial charge in [0.05, 0.1) is 16.8 Å². The number of hydrogen-bond acceptors (Lipinski definition) is 12. The second-order valence-corrected chi connectivity index (χ2v) is 12.4. The average Bonchev–Trinajstić information content (AvgIpc) is 3.73. The number of oxime groups is 1. The Kier molecular flexibility index (Phi) is 8.87. The number of nitrogens with zero attached hydrogens (tertiary/aromatic N) is 5. The molecule has 1 amide bonds. The first-order valence-corrected chi connectivity index (χ1v) is 15.2. The van der Waals surface area contributed by atoms with Gasteiger partial charge in [-0.25, -0.2) is 18.4 Å². The first-order chi connectivity index (χ1) is 19.8. The summed E-state index contributed by atoms with van der Waals surface area (Å²) in [5, 5.41) is 13.8. The molecule has 1 aromatic carbocycles. The molecule has 13 nitrogen and oxygen atoms in total. The first kappa shape index (κ1) is 28.6. The van der Waals surface area contributed by atoms with Gasteiger partial charge in [-0.2, -0.15) is 5.10 Å². The van der Waals surface area contributed by atoms with Gasteiger partial charge in [-0.05, 0) is 37.7 Å². The minimum absolute atomic E-state index is 0.0349. The van der Waals surface area contributed by atoms with Crippen molar-refractivity contribution in [3.63, 3.8) is 0 Å². The molecule has 15 heteroatoms. The van der Waals surface area contributed by atoms with Crippen LogP contribution in [-0.4, -0.2) is 78.4 Å². The second kappa shape index (κ2) is 12.7. The van der Waals surface area contributed by atoms with Crippen molar-refractivity contribution in [2.75, 3.05) is 38.7 Å². The lowest BCUT2D eigenvalue weighted by atomic mass is 10.1. The fourth-order valence-electron chi connectivity index (χ4n) is 4.03. The highest BCUT2D eigenvalue weighted by Crippen LogP contribution is 2.27. The maximum absolute atomic E-state index is 13.4. The van der Waals surface area contributed by atoms with Gasteiger partial charge >= 0.3 is 0 Å². The standard InChI is InChI=1S/C26H29N7O6S2/c1-27-11-14-38-22-8-7-21-25(29-22)40-26(28-21)30-24(34)23(32-39-15-18-9-12-33(2)31-18)17-3-5-19(6-4-17)41(35,36)20-10-13-37-16-20/h3-9,12,20,27H,10-11,13-16H2,1-2H3,(H,28,30,34)/t20-/m0/s1. The Morgan fingerprint density at radius 1 is 1.20 bits per heavy atom. The molecular weight excluding hydrogens is 570 g/mol. The Morgan fingerprint density at radius 2 is 2.02 bits per heavy atom. The van der Waals surface area contributed by atoms with Gasteiger partial charge in [0.15, 0.2) is 27.3 Å². The van der Waals surface area contributed by atoms with Crippen molar-refractivity contribution in [3.8, 4) is 5.88 Å².